The minimum atomic E-state index is -0.742. The molecule has 24 heavy (non-hydrogen) atoms. The van der Waals surface area contributed by atoms with E-state index < -0.39 is 5.41 Å². The second-order valence-corrected chi connectivity index (χ2v) is 7.16. The summed E-state index contributed by atoms with van der Waals surface area (Å²) in [6, 6.07) is 10.4. The number of likely N-dealkylation sites (tertiary alicyclic amines) is 1. The topological polar surface area (TPSA) is 61.9 Å². The van der Waals surface area contributed by atoms with Crippen molar-refractivity contribution in [3.8, 4) is 6.07 Å². The lowest BCUT2D eigenvalue weighted by molar-refractivity contribution is -0.144. The summed E-state index contributed by atoms with van der Waals surface area (Å²) in [5.74, 6) is 1.34. The number of para-hydroxylation sites is 2. The second-order valence-electron chi connectivity index (χ2n) is 7.16. The third kappa shape index (κ3) is 2.21. The molecule has 1 aliphatic heterocycles. The van der Waals surface area contributed by atoms with Crippen LogP contribution in [0.3, 0.4) is 0 Å². The summed E-state index contributed by atoms with van der Waals surface area (Å²) in [4.78, 5) is 19.6. The van der Waals surface area contributed by atoms with Crippen molar-refractivity contribution in [1.29, 1.82) is 5.26 Å². The Morgan fingerprint density at radius 2 is 2.12 bits per heavy atom. The normalized spacial score (nSPS) is 22.8. The van der Waals surface area contributed by atoms with Crippen molar-refractivity contribution in [2.24, 2.45) is 12.5 Å². The van der Waals surface area contributed by atoms with Gasteiger partial charge in [0.05, 0.1) is 17.1 Å². The Balaban J connectivity index is 1.59. The molecule has 4 rings (SSSR count). The lowest BCUT2D eigenvalue weighted by Crippen LogP contribution is -2.50. The van der Waals surface area contributed by atoms with Crippen LogP contribution >= 0.6 is 0 Å². The van der Waals surface area contributed by atoms with E-state index in [2.05, 4.69) is 16.7 Å². The van der Waals surface area contributed by atoms with Gasteiger partial charge in [-0.2, -0.15) is 5.26 Å². The number of aryl methyl sites for hydroxylation is 1. The number of benzene rings is 1. The molecule has 1 saturated heterocycles. The van der Waals surface area contributed by atoms with Crippen LogP contribution in [0.1, 0.15) is 43.8 Å². The average molecular weight is 322 g/mol. The van der Waals surface area contributed by atoms with Gasteiger partial charge in [0, 0.05) is 26.1 Å². The highest BCUT2D eigenvalue weighted by atomic mass is 16.2. The van der Waals surface area contributed by atoms with Gasteiger partial charge in [0.15, 0.2) is 0 Å². The van der Waals surface area contributed by atoms with E-state index in [-0.39, 0.29) is 11.8 Å². The molecule has 2 heterocycles. The molecule has 1 unspecified atom stereocenters. The number of imidazole rings is 1. The summed E-state index contributed by atoms with van der Waals surface area (Å²) in [6.45, 7) is 1.45. The first-order valence-corrected chi connectivity index (χ1v) is 8.77. The minimum absolute atomic E-state index is 0.0414. The SMILES string of the molecule is Cn1c(C2CCCN(C(=O)C3(C#N)CCC3)C2)nc2ccccc21. The Hall–Kier alpha value is -2.35. The van der Waals surface area contributed by atoms with Crippen LogP contribution in [-0.2, 0) is 11.8 Å². The van der Waals surface area contributed by atoms with Crippen LogP contribution in [0.5, 0.6) is 0 Å². The van der Waals surface area contributed by atoms with Crippen molar-refractivity contribution in [3.05, 3.63) is 30.1 Å². The number of amides is 1. The van der Waals surface area contributed by atoms with Crippen LogP contribution in [0.4, 0.5) is 0 Å². The van der Waals surface area contributed by atoms with Crippen molar-refractivity contribution >= 4 is 16.9 Å². The summed E-state index contributed by atoms with van der Waals surface area (Å²) in [5.41, 5.74) is 1.39. The molecule has 2 aromatic rings. The van der Waals surface area contributed by atoms with Gasteiger partial charge in [0.25, 0.3) is 0 Å². The zero-order valence-electron chi connectivity index (χ0n) is 14.0. The van der Waals surface area contributed by atoms with E-state index in [1.807, 2.05) is 30.1 Å². The van der Waals surface area contributed by atoms with Gasteiger partial charge >= 0.3 is 0 Å². The van der Waals surface area contributed by atoms with Crippen molar-refractivity contribution in [2.45, 2.75) is 38.0 Å². The predicted molar refractivity (Wildman–Crippen MR) is 91.2 cm³/mol. The van der Waals surface area contributed by atoms with Gasteiger partial charge in [-0.3, -0.25) is 4.79 Å². The molecule has 1 amide bonds. The van der Waals surface area contributed by atoms with Gasteiger partial charge in [-0.25, -0.2) is 4.98 Å². The zero-order valence-corrected chi connectivity index (χ0v) is 14.0. The van der Waals surface area contributed by atoms with E-state index in [9.17, 15) is 10.1 Å². The largest absolute Gasteiger partial charge is 0.341 e. The van der Waals surface area contributed by atoms with E-state index in [1.165, 1.54) is 0 Å². The Labute approximate surface area is 141 Å². The van der Waals surface area contributed by atoms with Gasteiger partial charge in [-0.1, -0.05) is 12.1 Å². The number of fused-ring (bicyclic) bond motifs is 1. The van der Waals surface area contributed by atoms with Gasteiger partial charge in [-0.05, 0) is 44.2 Å². The molecule has 1 aromatic heterocycles. The summed E-state index contributed by atoms with van der Waals surface area (Å²) in [5, 5.41) is 9.45. The Morgan fingerprint density at radius 3 is 2.79 bits per heavy atom. The standard InChI is InChI=1S/C19H22N4O/c1-22-16-8-3-2-7-15(16)21-17(22)14-6-4-11-23(12-14)18(24)19(13-20)9-5-10-19/h2-3,7-8,14H,4-6,9-12H2,1H3. The van der Waals surface area contributed by atoms with Crippen LogP contribution in [0.2, 0.25) is 0 Å². The number of hydrogen-bond acceptors (Lipinski definition) is 3. The van der Waals surface area contributed by atoms with Gasteiger partial charge in [0.2, 0.25) is 5.91 Å². The maximum Gasteiger partial charge on any atom is 0.243 e. The second kappa shape index (κ2) is 5.62. The third-order valence-electron chi connectivity index (χ3n) is 5.73. The fourth-order valence-electron chi connectivity index (χ4n) is 4.11. The third-order valence-corrected chi connectivity index (χ3v) is 5.73. The summed E-state index contributed by atoms with van der Waals surface area (Å²) in [7, 11) is 2.05. The molecule has 2 aliphatic rings. The highest BCUT2D eigenvalue weighted by Crippen LogP contribution is 2.43. The van der Waals surface area contributed by atoms with E-state index in [0.29, 0.717) is 6.54 Å². The molecule has 0 N–H and O–H groups in total. The molecule has 0 spiro atoms. The van der Waals surface area contributed by atoms with E-state index >= 15 is 0 Å². The Kier molecular flexibility index (Phi) is 3.56. The van der Waals surface area contributed by atoms with Crippen molar-refractivity contribution in [3.63, 3.8) is 0 Å². The lowest BCUT2D eigenvalue weighted by atomic mass is 9.68. The highest BCUT2D eigenvalue weighted by Gasteiger charge is 2.47. The number of aromatic nitrogens is 2. The van der Waals surface area contributed by atoms with Gasteiger partial charge < -0.3 is 9.47 Å². The van der Waals surface area contributed by atoms with E-state index in [4.69, 9.17) is 4.98 Å². The van der Waals surface area contributed by atoms with Crippen molar-refractivity contribution in [1.82, 2.24) is 14.5 Å². The maximum atomic E-state index is 12.8. The number of hydrogen-bond donors (Lipinski definition) is 0. The maximum absolute atomic E-state index is 12.8. The first-order chi connectivity index (χ1) is 11.6. The zero-order chi connectivity index (χ0) is 16.7. The predicted octanol–water partition coefficient (Wildman–Crippen LogP) is 2.97. The molecule has 1 saturated carbocycles. The molecule has 0 bridgehead atoms. The number of carbonyl (C=O) groups is 1. The first kappa shape index (κ1) is 15.2. The van der Waals surface area contributed by atoms with Crippen molar-refractivity contribution in [2.75, 3.05) is 13.1 Å². The van der Waals surface area contributed by atoms with E-state index in [1.54, 1.807) is 0 Å². The molecule has 5 heteroatoms. The number of piperidine rings is 1. The lowest BCUT2D eigenvalue weighted by Gasteiger charge is -2.41. The van der Waals surface area contributed by atoms with Crippen LogP contribution in [0, 0.1) is 16.7 Å². The molecule has 1 aliphatic carbocycles. The molecule has 1 aromatic carbocycles. The molecule has 1 atom stereocenters. The fraction of sp³-hybridized carbons (Fsp3) is 0.526. The Morgan fingerprint density at radius 1 is 1.33 bits per heavy atom. The summed E-state index contributed by atoms with van der Waals surface area (Å²) < 4.78 is 2.15. The van der Waals surface area contributed by atoms with Crippen LogP contribution < -0.4 is 0 Å². The van der Waals surface area contributed by atoms with Gasteiger partial charge in [-0.15, -0.1) is 0 Å². The van der Waals surface area contributed by atoms with Crippen molar-refractivity contribution < 1.29 is 4.79 Å². The fourth-order valence-corrected chi connectivity index (χ4v) is 4.11. The molecule has 5 nitrogen and oxygen atoms in total. The van der Waals surface area contributed by atoms with Gasteiger partial charge in [0.1, 0.15) is 11.2 Å². The molecular weight excluding hydrogens is 300 g/mol. The minimum Gasteiger partial charge on any atom is -0.341 e. The smallest absolute Gasteiger partial charge is 0.243 e. The average Bonchev–Trinajstić information content (AvgIpc) is 2.92. The van der Waals surface area contributed by atoms with Crippen LogP contribution in [0.25, 0.3) is 11.0 Å². The molecule has 0 radical (unpaired) electrons. The Bertz CT molecular complexity index is 827. The monoisotopic (exact) mass is 322 g/mol. The number of carbonyl (C=O) groups excluding carboxylic acids is 1. The van der Waals surface area contributed by atoms with Crippen LogP contribution in [-0.4, -0.2) is 33.4 Å². The summed E-state index contributed by atoms with van der Waals surface area (Å²) in [6.07, 6.45) is 4.44. The number of rotatable bonds is 2. The number of nitrogens with zero attached hydrogens (tertiary/aromatic N) is 4. The quantitative estimate of drug-likeness (QED) is 0.854. The number of nitriles is 1. The summed E-state index contributed by atoms with van der Waals surface area (Å²) >= 11 is 0. The van der Waals surface area contributed by atoms with E-state index in [0.717, 1.165) is 55.5 Å². The molecule has 124 valence electrons. The van der Waals surface area contributed by atoms with Crippen LogP contribution in [0.15, 0.2) is 24.3 Å². The highest BCUT2D eigenvalue weighted by molar-refractivity contribution is 5.86. The molecule has 2 fully saturated rings. The molecular formula is C19H22N4O. The first-order valence-electron chi connectivity index (χ1n) is 8.77.